The van der Waals surface area contributed by atoms with Crippen molar-refractivity contribution in [3.8, 4) is 18.1 Å². The standard InChI is InChI=1S/C14H18BrNO2/c1-4-7-18-14-6-5-13(15)8-12(14)9-16-11(2)10-17-3/h1,5-6,8,11,16H,7,9-10H2,2-3H3. The average molecular weight is 312 g/mol. The molecular weight excluding hydrogens is 294 g/mol. The van der Waals surface area contributed by atoms with Gasteiger partial charge in [0, 0.05) is 29.7 Å². The largest absolute Gasteiger partial charge is 0.481 e. The molecule has 4 heteroatoms. The zero-order valence-electron chi connectivity index (χ0n) is 10.7. The minimum atomic E-state index is 0.280. The van der Waals surface area contributed by atoms with Crippen LogP contribution in [0.25, 0.3) is 0 Å². The predicted molar refractivity (Wildman–Crippen MR) is 76.6 cm³/mol. The lowest BCUT2D eigenvalue weighted by Crippen LogP contribution is -2.29. The molecule has 0 amide bonds. The van der Waals surface area contributed by atoms with Gasteiger partial charge >= 0.3 is 0 Å². The normalized spacial score (nSPS) is 11.9. The van der Waals surface area contributed by atoms with E-state index < -0.39 is 0 Å². The summed E-state index contributed by atoms with van der Waals surface area (Å²) in [5, 5.41) is 3.37. The molecule has 1 aromatic carbocycles. The van der Waals surface area contributed by atoms with Crippen molar-refractivity contribution in [2.45, 2.75) is 19.5 Å². The average Bonchev–Trinajstić information content (AvgIpc) is 2.35. The SMILES string of the molecule is C#CCOc1ccc(Br)cc1CNC(C)COC. The molecule has 0 heterocycles. The first-order valence-corrected chi connectivity index (χ1v) is 6.53. The maximum atomic E-state index is 5.51. The Kier molecular flexibility index (Phi) is 6.81. The van der Waals surface area contributed by atoms with Gasteiger partial charge in [-0.25, -0.2) is 0 Å². The Morgan fingerprint density at radius 3 is 2.94 bits per heavy atom. The number of terminal acetylenes is 1. The molecule has 18 heavy (non-hydrogen) atoms. The summed E-state index contributed by atoms with van der Waals surface area (Å²) in [4.78, 5) is 0. The summed E-state index contributed by atoms with van der Waals surface area (Å²) in [6, 6.07) is 6.17. The van der Waals surface area contributed by atoms with E-state index in [1.54, 1.807) is 7.11 Å². The lowest BCUT2D eigenvalue weighted by molar-refractivity contribution is 0.171. The van der Waals surface area contributed by atoms with Crippen molar-refractivity contribution in [2.75, 3.05) is 20.3 Å². The van der Waals surface area contributed by atoms with E-state index in [0.29, 0.717) is 13.2 Å². The second-order valence-corrected chi connectivity index (χ2v) is 4.90. The summed E-state index contributed by atoms with van der Waals surface area (Å²) in [6.45, 7) is 3.74. The molecule has 0 bridgehead atoms. The van der Waals surface area contributed by atoms with Gasteiger partial charge in [-0.3, -0.25) is 0 Å². The van der Waals surface area contributed by atoms with Crippen molar-refractivity contribution >= 4 is 15.9 Å². The molecule has 3 nitrogen and oxygen atoms in total. The third-order valence-corrected chi connectivity index (χ3v) is 2.88. The monoisotopic (exact) mass is 311 g/mol. The van der Waals surface area contributed by atoms with Crippen LogP contribution in [0, 0.1) is 12.3 Å². The second-order valence-electron chi connectivity index (χ2n) is 3.98. The van der Waals surface area contributed by atoms with Crippen LogP contribution in [0.15, 0.2) is 22.7 Å². The Balaban J connectivity index is 2.67. The van der Waals surface area contributed by atoms with Gasteiger partial charge in [-0.2, -0.15) is 0 Å². The smallest absolute Gasteiger partial charge is 0.148 e. The fraction of sp³-hybridized carbons (Fsp3) is 0.429. The molecule has 0 fully saturated rings. The van der Waals surface area contributed by atoms with E-state index in [-0.39, 0.29) is 12.6 Å². The molecule has 0 aliphatic carbocycles. The van der Waals surface area contributed by atoms with E-state index in [1.807, 2.05) is 18.2 Å². The molecule has 1 aromatic rings. The van der Waals surface area contributed by atoms with Gasteiger partial charge in [0.25, 0.3) is 0 Å². The predicted octanol–water partition coefficient (Wildman–Crippen LogP) is 2.59. The minimum Gasteiger partial charge on any atom is -0.481 e. The van der Waals surface area contributed by atoms with E-state index in [4.69, 9.17) is 15.9 Å². The summed E-state index contributed by atoms with van der Waals surface area (Å²) in [5.41, 5.74) is 1.07. The summed E-state index contributed by atoms with van der Waals surface area (Å²) in [6.07, 6.45) is 5.20. The highest BCUT2D eigenvalue weighted by Gasteiger charge is 2.06. The van der Waals surface area contributed by atoms with Crippen LogP contribution in [-0.2, 0) is 11.3 Å². The maximum Gasteiger partial charge on any atom is 0.148 e. The van der Waals surface area contributed by atoms with Gasteiger partial charge < -0.3 is 14.8 Å². The van der Waals surface area contributed by atoms with Crippen molar-refractivity contribution in [3.05, 3.63) is 28.2 Å². The number of halogens is 1. The van der Waals surface area contributed by atoms with E-state index in [9.17, 15) is 0 Å². The lowest BCUT2D eigenvalue weighted by Gasteiger charge is -2.15. The van der Waals surface area contributed by atoms with Gasteiger partial charge in [-0.05, 0) is 25.1 Å². The molecule has 1 N–H and O–H groups in total. The molecular formula is C14H18BrNO2. The van der Waals surface area contributed by atoms with Crippen LogP contribution in [0.1, 0.15) is 12.5 Å². The van der Waals surface area contributed by atoms with Crippen molar-refractivity contribution < 1.29 is 9.47 Å². The number of benzene rings is 1. The molecule has 1 atom stereocenters. The van der Waals surface area contributed by atoms with Crippen molar-refractivity contribution in [3.63, 3.8) is 0 Å². The zero-order valence-corrected chi connectivity index (χ0v) is 12.3. The topological polar surface area (TPSA) is 30.5 Å². The van der Waals surface area contributed by atoms with Crippen LogP contribution in [0.3, 0.4) is 0 Å². The quantitative estimate of drug-likeness (QED) is 0.785. The van der Waals surface area contributed by atoms with Crippen molar-refractivity contribution in [1.29, 1.82) is 0 Å². The van der Waals surface area contributed by atoms with Crippen LogP contribution in [0.5, 0.6) is 5.75 Å². The van der Waals surface area contributed by atoms with E-state index in [0.717, 1.165) is 15.8 Å². The molecule has 0 saturated carbocycles. The molecule has 98 valence electrons. The van der Waals surface area contributed by atoms with Gasteiger partial charge in [0.05, 0.1) is 6.61 Å². The third-order valence-electron chi connectivity index (χ3n) is 2.39. The first-order valence-electron chi connectivity index (χ1n) is 5.74. The van der Waals surface area contributed by atoms with E-state index in [2.05, 4.69) is 34.1 Å². The molecule has 0 aromatic heterocycles. The number of ether oxygens (including phenoxy) is 2. The molecule has 0 radical (unpaired) electrons. The Bertz CT molecular complexity index is 415. The van der Waals surface area contributed by atoms with Crippen molar-refractivity contribution in [1.82, 2.24) is 5.32 Å². The molecule has 0 spiro atoms. The number of hydrogen-bond donors (Lipinski definition) is 1. The summed E-state index contributed by atoms with van der Waals surface area (Å²) < 4.78 is 11.6. The first kappa shape index (κ1) is 15.0. The Hall–Kier alpha value is -1.02. The molecule has 0 aliphatic rings. The molecule has 0 saturated heterocycles. The van der Waals surface area contributed by atoms with Crippen LogP contribution in [0.4, 0.5) is 0 Å². The Morgan fingerprint density at radius 2 is 2.28 bits per heavy atom. The number of hydrogen-bond acceptors (Lipinski definition) is 3. The molecule has 0 aliphatic heterocycles. The fourth-order valence-electron chi connectivity index (χ4n) is 1.54. The number of rotatable bonds is 7. The fourth-order valence-corrected chi connectivity index (χ4v) is 1.95. The molecule has 1 rings (SSSR count). The summed E-state index contributed by atoms with van der Waals surface area (Å²) in [7, 11) is 1.69. The zero-order chi connectivity index (χ0) is 13.4. The van der Waals surface area contributed by atoms with Gasteiger partial charge in [0.1, 0.15) is 12.4 Å². The molecule has 1 unspecified atom stereocenters. The Labute approximate surface area is 117 Å². The van der Waals surface area contributed by atoms with Crippen LogP contribution in [-0.4, -0.2) is 26.4 Å². The highest BCUT2D eigenvalue weighted by atomic mass is 79.9. The number of methoxy groups -OCH3 is 1. The third kappa shape index (κ3) is 5.09. The second kappa shape index (κ2) is 8.15. The van der Waals surface area contributed by atoms with E-state index in [1.165, 1.54) is 0 Å². The number of nitrogens with one attached hydrogen (secondary N) is 1. The minimum absolute atomic E-state index is 0.280. The summed E-state index contributed by atoms with van der Waals surface area (Å²) >= 11 is 3.45. The maximum absolute atomic E-state index is 5.51. The Morgan fingerprint density at radius 1 is 1.50 bits per heavy atom. The van der Waals surface area contributed by atoms with Crippen LogP contribution >= 0.6 is 15.9 Å². The van der Waals surface area contributed by atoms with Gasteiger partial charge in [0.15, 0.2) is 0 Å². The van der Waals surface area contributed by atoms with Gasteiger partial charge in [-0.15, -0.1) is 6.42 Å². The van der Waals surface area contributed by atoms with Crippen LogP contribution < -0.4 is 10.1 Å². The van der Waals surface area contributed by atoms with Gasteiger partial charge in [0.2, 0.25) is 0 Å². The van der Waals surface area contributed by atoms with Crippen molar-refractivity contribution in [2.24, 2.45) is 0 Å². The lowest BCUT2D eigenvalue weighted by atomic mass is 10.2. The van der Waals surface area contributed by atoms with Crippen LogP contribution in [0.2, 0.25) is 0 Å². The van der Waals surface area contributed by atoms with E-state index >= 15 is 0 Å². The summed E-state index contributed by atoms with van der Waals surface area (Å²) in [5.74, 6) is 3.28. The van der Waals surface area contributed by atoms with Gasteiger partial charge in [-0.1, -0.05) is 21.9 Å². The highest BCUT2D eigenvalue weighted by molar-refractivity contribution is 9.10. The highest BCUT2D eigenvalue weighted by Crippen LogP contribution is 2.23. The first-order chi connectivity index (χ1) is 8.67.